The van der Waals surface area contributed by atoms with Crippen LogP contribution in [0.3, 0.4) is 0 Å². The van der Waals surface area contributed by atoms with Gasteiger partial charge in [0.25, 0.3) is 80.9 Å². The molecule has 0 radical (unpaired) electrons. The van der Waals surface area contributed by atoms with E-state index in [0.29, 0.717) is 97.1 Å². The average Bonchev–Trinajstić information content (AvgIpc) is 0.783. The summed E-state index contributed by atoms with van der Waals surface area (Å²) in [7, 11) is -44.1. The first-order chi connectivity index (χ1) is 43.9. The molecule has 1 aliphatic rings. The maximum atomic E-state index is 14.5. The van der Waals surface area contributed by atoms with Crippen molar-refractivity contribution in [3.63, 3.8) is 0 Å². The zero-order chi connectivity index (χ0) is 71.4. The minimum absolute atomic E-state index is 0.424. The average molecular weight is 1480 g/mol. The number of hydrogen-bond acceptors (Lipinski definition) is 24. The fraction of sp³-hybridized carbons (Fsp3) is 0.143. The summed E-state index contributed by atoms with van der Waals surface area (Å²) >= 11 is 0. The smallest absolute Gasteiger partial charge is 0.294 e. The van der Waals surface area contributed by atoms with Gasteiger partial charge in [-0.25, -0.2) is 0 Å². The molecular weight excluding hydrogens is 1440 g/mol. The molecule has 32 nitrogen and oxygen atoms in total. The van der Waals surface area contributed by atoms with Gasteiger partial charge in [-0.05, 0) is 237 Å². The van der Waals surface area contributed by atoms with Gasteiger partial charge in [-0.2, -0.15) is 67.3 Å². The van der Waals surface area contributed by atoms with Crippen LogP contribution in [0.2, 0.25) is 0 Å². The van der Waals surface area contributed by atoms with Crippen LogP contribution in [0.4, 0.5) is 0 Å². The highest BCUT2D eigenvalue weighted by atomic mass is 32.2. The zero-order valence-electron chi connectivity index (χ0n) is 47.5. The molecule has 0 saturated heterocycles. The van der Waals surface area contributed by atoms with E-state index < -0.39 is 306 Å². The summed E-state index contributed by atoms with van der Waals surface area (Å²) in [5.41, 5.74) is -14.5. The molecule has 0 atom stereocenters. The number of hydrogen-bond donors (Lipinski definition) is 8. The standard InChI is InChI=1S/C56H48O32S8/c57-49-25-1-26-10-42(90(68,69)70)12-28(50(26)58)3-30-14-44(92(74,75)76)16-32(52(30)60)5-34-18-46(94(80,81)82)20-36(54(34)62)7-38-22-48(96(86,87)88)24-40(56(38)64)8-39-23-47(95(83,84)85)21-37(55(39)63)6-35-19-45(93(77,78)79)17-33(53(35)61)4-31-15-43(91(71,72)73)13-29(51(31)59)2-27(49)11-41(9-25)89(65,66)67/h9-24,57-64H,1-8H2,(H,65,66,67)(H,68,69,70)(H,71,72,73)(H,74,75,76)(H,77,78,79)(H,80,81,82)(H,83,84,85)(H,86,87,88)/p-8. The van der Waals surface area contributed by atoms with Crippen LogP contribution in [0, 0.1) is 0 Å². The highest BCUT2D eigenvalue weighted by Crippen LogP contribution is 2.42. The van der Waals surface area contributed by atoms with Crippen molar-refractivity contribution in [3.05, 3.63) is 186 Å². The molecule has 8 aromatic carbocycles. The second-order valence-corrected chi connectivity index (χ2v) is 33.2. The summed E-state index contributed by atoms with van der Waals surface area (Å²) in [5, 5.41) is 116. The Labute approximate surface area is 544 Å². The molecule has 8 aromatic rings. The van der Waals surface area contributed by atoms with Crippen LogP contribution >= 0.6 is 0 Å². The minimum atomic E-state index is -5.52. The maximum Gasteiger partial charge on any atom is 0.294 e. The van der Waals surface area contributed by atoms with E-state index in [1.807, 2.05) is 0 Å². The third-order valence-corrected chi connectivity index (χ3v) is 21.8. The van der Waals surface area contributed by atoms with Gasteiger partial charge in [0.2, 0.25) is 0 Å². The lowest BCUT2D eigenvalue weighted by molar-refractivity contribution is -0.273. The Morgan fingerprint density at radius 1 is 0.167 bits per heavy atom. The molecule has 0 amide bonds. The molecule has 1 aliphatic carbocycles. The van der Waals surface area contributed by atoms with Gasteiger partial charge in [-0.3, -0.25) is 36.4 Å². The Morgan fingerprint density at radius 2 is 0.229 bits per heavy atom. The van der Waals surface area contributed by atoms with Crippen LogP contribution < -0.4 is 40.9 Å². The number of rotatable bonds is 8. The van der Waals surface area contributed by atoms with E-state index in [1.165, 1.54) is 0 Å². The van der Waals surface area contributed by atoms with E-state index in [9.17, 15) is 145 Å². The Hall–Kier alpha value is -8.56. The zero-order valence-corrected chi connectivity index (χ0v) is 54.1. The summed E-state index contributed by atoms with van der Waals surface area (Å²) in [6.45, 7) is 0. The second-order valence-electron chi connectivity index (χ2n) is 21.8. The lowest BCUT2D eigenvalue weighted by Gasteiger charge is -2.28. The van der Waals surface area contributed by atoms with Crippen LogP contribution in [-0.2, 0) is 132 Å². The number of fused-ring (bicyclic) bond motifs is 16. The van der Waals surface area contributed by atoms with Gasteiger partial charge in [-0.1, -0.05) is 0 Å². The third-order valence-electron chi connectivity index (χ3n) is 15.2. The van der Waals surface area contributed by atoms with Crippen molar-refractivity contribution in [2.24, 2.45) is 0 Å². The predicted octanol–water partition coefficient (Wildman–Crippen LogP) is -0.711. The van der Waals surface area contributed by atoms with Crippen LogP contribution in [0.5, 0.6) is 46.0 Å². The maximum absolute atomic E-state index is 14.5. The lowest BCUT2D eigenvalue weighted by atomic mass is 9.91. The van der Waals surface area contributed by atoms with Crippen molar-refractivity contribution >= 4 is 80.9 Å². The van der Waals surface area contributed by atoms with Gasteiger partial charge >= 0.3 is 0 Å². The Balaban J connectivity index is 1.36. The van der Waals surface area contributed by atoms with E-state index in [-0.39, 0.29) is 0 Å². The van der Waals surface area contributed by atoms with Crippen molar-refractivity contribution in [2.75, 3.05) is 0 Å². The highest BCUT2D eigenvalue weighted by Gasteiger charge is 2.26. The number of benzene rings is 8. The monoisotopic (exact) mass is 1480 g/mol. The summed E-state index contributed by atoms with van der Waals surface area (Å²) < 4.78 is 287. The van der Waals surface area contributed by atoms with E-state index in [2.05, 4.69) is 0 Å². The quantitative estimate of drug-likeness (QED) is 0.0871. The van der Waals surface area contributed by atoms with Gasteiger partial charge in [0.1, 0.15) is 0 Å². The first kappa shape index (κ1) is 71.7. The van der Waals surface area contributed by atoms with Crippen molar-refractivity contribution in [2.45, 2.75) is 90.5 Å². The first-order valence-electron chi connectivity index (χ1n) is 26.3. The molecule has 0 saturated carbocycles. The van der Waals surface area contributed by atoms with Crippen molar-refractivity contribution in [3.8, 4) is 46.0 Å². The molecule has 0 fully saturated rings. The SMILES string of the molecule is O=S(=O)(O)c1cc2c([O-])c(c1)Cc1cc(S(=O)(=O)O)cc(c1[O-])Cc1cc(S(=O)(=O)O)cc(c1[O-])Cc1cc(S(=O)(=O)O)cc(c1[O-])Cc1cc(S(=O)(=O)O)cc(c1[O-])Cc1cc(S(=O)(=O)O)cc(c1[O-])Cc1cc(S(=O)(=O)O)cc(c1[O-])Cc1cc(S(=O)(=O)O)cc(c1[O-])C2. The molecule has 0 unspecified atom stereocenters. The topological polar surface area (TPSA) is 619 Å². The van der Waals surface area contributed by atoms with E-state index in [0.717, 1.165) is 0 Å². The Morgan fingerprint density at radius 3 is 0.281 bits per heavy atom. The molecule has 9 rings (SSSR count). The van der Waals surface area contributed by atoms with E-state index in [4.69, 9.17) is 0 Å². The van der Waals surface area contributed by atoms with Crippen molar-refractivity contribution in [1.82, 2.24) is 0 Å². The Bertz CT molecular complexity index is 4440. The van der Waals surface area contributed by atoms with Crippen LogP contribution in [0.1, 0.15) is 89.0 Å². The molecular formula is C56H40O32S8-8. The largest absolute Gasteiger partial charge is 0.872 e. The molecule has 40 heteroatoms. The van der Waals surface area contributed by atoms with Crippen molar-refractivity contribution in [1.29, 1.82) is 0 Å². The molecule has 96 heavy (non-hydrogen) atoms. The second kappa shape index (κ2) is 24.8. The molecule has 0 spiro atoms. The van der Waals surface area contributed by atoms with Crippen LogP contribution in [0.25, 0.3) is 0 Å². The minimum Gasteiger partial charge on any atom is -0.872 e. The normalized spacial score (nSPS) is 14.1. The van der Waals surface area contributed by atoms with E-state index in [1.54, 1.807) is 0 Å². The lowest BCUT2D eigenvalue weighted by Crippen LogP contribution is -2.14. The summed E-state index contributed by atoms with van der Waals surface area (Å²) in [6.07, 6.45) is -9.94. The highest BCUT2D eigenvalue weighted by molar-refractivity contribution is 7.87. The molecule has 0 heterocycles. The summed E-state index contributed by atoms with van der Waals surface area (Å²) in [6, 6.07) is 6.79. The van der Waals surface area contributed by atoms with Gasteiger partial charge < -0.3 is 40.9 Å². The Kier molecular flexibility index (Phi) is 18.5. The molecule has 0 aromatic heterocycles. The van der Waals surface area contributed by atoms with E-state index >= 15 is 0 Å². The van der Waals surface area contributed by atoms with Gasteiger partial charge in [0.05, 0.1) is 39.2 Å². The third kappa shape index (κ3) is 15.3. The van der Waals surface area contributed by atoms with Gasteiger partial charge in [0.15, 0.2) is 0 Å². The summed E-state index contributed by atoms with van der Waals surface area (Å²) in [4.78, 5) is -9.79. The van der Waals surface area contributed by atoms with Crippen molar-refractivity contribution < 1.29 is 145 Å². The van der Waals surface area contributed by atoms with Crippen LogP contribution in [0.15, 0.2) is 136 Å². The van der Waals surface area contributed by atoms with Gasteiger partial charge in [0, 0.05) is 0 Å². The molecule has 16 bridgehead atoms. The first-order valence-corrected chi connectivity index (χ1v) is 37.8. The molecule has 8 N–H and O–H groups in total. The molecule has 0 aliphatic heterocycles. The predicted molar refractivity (Wildman–Crippen MR) is 308 cm³/mol. The van der Waals surface area contributed by atoms with Gasteiger partial charge in [-0.15, -0.1) is 46.0 Å². The summed E-state index contributed by atoms with van der Waals surface area (Å²) in [5.74, 6) is -11.2. The molecule has 512 valence electrons. The van der Waals surface area contributed by atoms with Crippen LogP contribution in [-0.4, -0.2) is 104 Å². The fourth-order valence-corrected chi connectivity index (χ4v) is 15.4. The fourth-order valence-electron chi connectivity index (χ4n) is 10.7.